The number of rotatable bonds is 3. The quantitative estimate of drug-likeness (QED) is 0.694. The average molecular weight is 226 g/mol. The summed E-state index contributed by atoms with van der Waals surface area (Å²) >= 11 is 0. The average Bonchev–Trinajstić information content (AvgIpc) is 2.45. The Morgan fingerprint density at radius 2 is 2.06 bits per heavy atom. The summed E-state index contributed by atoms with van der Waals surface area (Å²) in [5.41, 5.74) is -0.718. The molecule has 1 aliphatic heterocycles. The van der Waals surface area contributed by atoms with Gasteiger partial charge in [-0.1, -0.05) is 20.3 Å². The van der Waals surface area contributed by atoms with Crippen LogP contribution < -0.4 is 0 Å². The first kappa shape index (κ1) is 11.9. The lowest BCUT2D eigenvalue weighted by Gasteiger charge is -2.44. The number of hydrogen-bond acceptors (Lipinski definition) is 3. The van der Waals surface area contributed by atoms with Crippen LogP contribution in [0.2, 0.25) is 0 Å². The molecule has 2 aliphatic rings. The van der Waals surface area contributed by atoms with Crippen molar-refractivity contribution in [1.82, 2.24) is 0 Å². The van der Waals surface area contributed by atoms with Crippen LogP contribution in [0.3, 0.4) is 0 Å². The SMILES string of the molecule is CC(C)CO[C@]12CCCC[C@@]1(C)OC(=O)C2. The lowest BCUT2D eigenvalue weighted by Crippen LogP contribution is -2.53. The van der Waals surface area contributed by atoms with Crippen LogP contribution >= 0.6 is 0 Å². The summed E-state index contributed by atoms with van der Waals surface area (Å²) in [6, 6.07) is 0. The van der Waals surface area contributed by atoms with E-state index in [0.717, 1.165) is 25.7 Å². The second kappa shape index (κ2) is 4.02. The summed E-state index contributed by atoms with van der Waals surface area (Å²) in [5, 5.41) is 0. The van der Waals surface area contributed by atoms with E-state index >= 15 is 0 Å². The highest BCUT2D eigenvalue weighted by molar-refractivity contribution is 5.74. The molecule has 0 bridgehead atoms. The highest BCUT2D eigenvalue weighted by Crippen LogP contribution is 2.49. The van der Waals surface area contributed by atoms with Crippen molar-refractivity contribution in [2.75, 3.05) is 6.61 Å². The van der Waals surface area contributed by atoms with Gasteiger partial charge in [-0.2, -0.15) is 0 Å². The smallest absolute Gasteiger partial charge is 0.309 e. The Balaban J connectivity index is 2.16. The minimum atomic E-state index is -0.378. The predicted octanol–water partition coefficient (Wildman–Crippen LogP) is 2.68. The molecule has 0 aromatic heterocycles. The molecule has 1 saturated carbocycles. The maximum absolute atomic E-state index is 11.6. The third-order valence-electron chi connectivity index (χ3n) is 3.91. The number of esters is 1. The van der Waals surface area contributed by atoms with Crippen LogP contribution in [0.1, 0.15) is 52.9 Å². The lowest BCUT2D eigenvalue weighted by molar-refractivity contribution is -0.178. The van der Waals surface area contributed by atoms with Crippen LogP contribution in [0.25, 0.3) is 0 Å². The molecule has 16 heavy (non-hydrogen) atoms. The van der Waals surface area contributed by atoms with Gasteiger partial charge in [0.2, 0.25) is 0 Å². The summed E-state index contributed by atoms with van der Waals surface area (Å²) in [4.78, 5) is 11.6. The van der Waals surface area contributed by atoms with Crippen LogP contribution in [0.5, 0.6) is 0 Å². The zero-order chi connectivity index (χ0) is 11.8. The Hall–Kier alpha value is -0.570. The van der Waals surface area contributed by atoms with Crippen molar-refractivity contribution in [2.24, 2.45) is 5.92 Å². The second-order valence-corrected chi connectivity index (χ2v) is 5.79. The van der Waals surface area contributed by atoms with Gasteiger partial charge >= 0.3 is 5.97 Å². The summed E-state index contributed by atoms with van der Waals surface area (Å²) in [5.74, 6) is 0.407. The molecule has 1 saturated heterocycles. The van der Waals surface area contributed by atoms with Gasteiger partial charge < -0.3 is 9.47 Å². The highest BCUT2D eigenvalue weighted by Gasteiger charge is 2.59. The number of carbonyl (C=O) groups is 1. The maximum atomic E-state index is 11.6. The number of carbonyl (C=O) groups excluding carboxylic acids is 1. The van der Waals surface area contributed by atoms with E-state index in [9.17, 15) is 4.79 Å². The summed E-state index contributed by atoms with van der Waals surface area (Å²) in [6.07, 6.45) is 4.62. The molecular formula is C13H22O3. The van der Waals surface area contributed by atoms with Gasteiger partial charge in [0.1, 0.15) is 11.2 Å². The fraction of sp³-hybridized carbons (Fsp3) is 0.923. The van der Waals surface area contributed by atoms with Crippen LogP contribution in [0.15, 0.2) is 0 Å². The van der Waals surface area contributed by atoms with E-state index in [0.29, 0.717) is 18.9 Å². The monoisotopic (exact) mass is 226 g/mol. The van der Waals surface area contributed by atoms with E-state index in [-0.39, 0.29) is 17.2 Å². The first-order valence-electron chi connectivity index (χ1n) is 6.33. The molecule has 2 fully saturated rings. The van der Waals surface area contributed by atoms with E-state index < -0.39 is 0 Å². The molecule has 0 amide bonds. The minimum Gasteiger partial charge on any atom is -0.456 e. The summed E-state index contributed by atoms with van der Waals surface area (Å²) in [7, 11) is 0. The minimum absolute atomic E-state index is 0.0897. The van der Waals surface area contributed by atoms with Gasteiger partial charge in [-0.3, -0.25) is 4.79 Å². The lowest BCUT2D eigenvalue weighted by atomic mass is 9.72. The van der Waals surface area contributed by atoms with Gasteiger partial charge in [0.15, 0.2) is 0 Å². The number of hydrogen-bond donors (Lipinski definition) is 0. The predicted molar refractivity (Wildman–Crippen MR) is 61.1 cm³/mol. The van der Waals surface area contributed by atoms with E-state index in [2.05, 4.69) is 13.8 Å². The van der Waals surface area contributed by atoms with E-state index in [1.54, 1.807) is 0 Å². The molecule has 0 N–H and O–H groups in total. The Morgan fingerprint density at radius 3 is 2.75 bits per heavy atom. The molecule has 0 radical (unpaired) electrons. The van der Waals surface area contributed by atoms with Crippen LogP contribution in [0, 0.1) is 5.92 Å². The van der Waals surface area contributed by atoms with Crippen molar-refractivity contribution in [1.29, 1.82) is 0 Å². The van der Waals surface area contributed by atoms with Crippen LogP contribution in [-0.2, 0) is 14.3 Å². The Labute approximate surface area is 97.5 Å². The third kappa shape index (κ3) is 1.86. The standard InChI is InChI=1S/C13H22O3/c1-10(2)9-15-13-7-5-4-6-12(13,3)16-11(14)8-13/h10H,4-9H2,1-3H3/t12-,13+/m1/s1. The fourth-order valence-electron chi connectivity index (χ4n) is 2.91. The second-order valence-electron chi connectivity index (χ2n) is 5.79. The van der Waals surface area contributed by atoms with Crippen LogP contribution in [-0.4, -0.2) is 23.8 Å². The van der Waals surface area contributed by atoms with Crippen molar-refractivity contribution in [3.63, 3.8) is 0 Å². The maximum Gasteiger partial charge on any atom is 0.309 e. The van der Waals surface area contributed by atoms with Gasteiger partial charge in [-0.25, -0.2) is 0 Å². The zero-order valence-electron chi connectivity index (χ0n) is 10.5. The van der Waals surface area contributed by atoms with E-state index in [1.165, 1.54) is 0 Å². The van der Waals surface area contributed by atoms with Crippen LogP contribution in [0.4, 0.5) is 0 Å². The Kier molecular flexibility index (Phi) is 2.99. The molecular weight excluding hydrogens is 204 g/mol. The molecule has 3 heteroatoms. The third-order valence-corrected chi connectivity index (χ3v) is 3.91. The first-order valence-corrected chi connectivity index (χ1v) is 6.33. The van der Waals surface area contributed by atoms with Gasteiger partial charge in [0, 0.05) is 6.61 Å². The van der Waals surface area contributed by atoms with Crippen molar-refractivity contribution in [2.45, 2.75) is 64.1 Å². The van der Waals surface area contributed by atoms with Crippen molar-refractivity contribution < 1.29 is 14.3 Å². The van der Waals surface area contributed by atoms with Gasteiger partial charge in [0.25, 0.3) is 0 Å². The first-order chi connectivity index (χ1) is 7.47. The Morgan fingerprint density at radius 1 is 1.38 bits per heavy atom. The molecule has 1 heterocycles. The van der Waals surface area contributed by atoms with Gasteiger partial charge in [0.05, 0.1) is 6.42 Å². The molecule has 3 nitrogen and oxygen atoms in total. The number of fused-ring (bicyclic) bond motifs is 1. The van der Waals surface area contributed by atoms with Gasteiger partial charge in [-0.15, -0.1) is 0 Å². The molecule has 2 atom stereocenters. The van der Waals surface area contributed by atoms with Crippen molar-refractivity contribution in [3.8, 4) is 0 Å². The summed E-state index contributed by atoms with van der Waals surface area (Å²) in [6.45, 7) is 7.02. The molecule has 0 aromatic rings. The molecule has 0 spiro atoms. The molecule has 0 unspecified atom stereocenters. The fourth-order valence-corrected chi connectivity index (χ4v) is 2.91. The molecule has 0 aromatic carbocycles. The molecule has 1 aliphatic carbocycles. The summed E-state index contributed by atoms with van der Waals surface area (Å²) < 4.78 is 11.6. The van der Waals surface area contributed by atoms with Gasteiger partial charge in [-0.05, 0) is 32.1 Å². The molecule has 92 valence electrons. The Bertz CT molecular complexity index is 287. The largest absolute Gasteiger partial charge is 0.456 e. The number of ether oxygens (including phenoxy) is 2. The topological polar surface area (TPSA) is 35.5 Å². The zero-order valence-corrected chi connectivity index (χ0v) is 10.5. The molecule has 2 rings (SSSR count). The van der Waals surface area contributed by atoms with Crippen molar-refractivity contribution >= 4 is 5.97 Å². The highest BCUT2D eigenvalue weighted by atomic mass is 16.6. The van der Waals surface area contributed by atoms with Crippen molar-refractivity contribution in [3.05, 3.63) is 0 Å². The van der Waals surface area contributed by atoms with E-state index in [4.69, 9.17) is 9.47 Å². The normalized spacial score (nSPS) is 38.6. The van der Waals surface area contributed by atoms with E-state index in [1.807, 2.05) is 6.92 Å².